The lowest BCUT2D eigenvalue weighted by atomic mass is 9.89. The Morgan fingerprint density at radius 2 is 2.00 bits per heavy atom. The Morgan fingerprint density at radius 1 is 1.19 bits per heavy atom. The van der Waals surface area contributed by atoms with E-state index < -0.39 is 0 Å². The van der Waals surface area contributed by atoms with Gasteiger partial charge in [0.1, 0.15) is 5.75 Å². The van der Waals surface area contributed by atoms with Crippen molar-refractivity contribution < 1.29 is 4.74 Å². The van der Waals surface area contributed by atoms with Crippen molar-refractivity contribution in [1.82, 2.24) is 14.9 Å². The molecule has 5 nitrogen and oxygen atoms in total. The van der Waals surface area contributed by atoms with Gasteiger partial charge in [-0.3, -0.25) is 5.10 Å². The molecule has 6 heteroatoms. The van der Waals surface area contributed by atoms with E-state index in [1.54, 1.807) is 11.8 Å². The van der Waals surface area contributed by atoms with Gasteiger partial charge >= 0.3 is 0 Å². The number of nitrogens with zero attached hydrogens (tertiary/aromatic N) is 3. The Morgan fingerprint density at radius 3 is 2.81 bits per heavy atom. The Bertz CT molecular complexity index is 998. The standard InChI is InChI=1S/C20H22N4OS/c1-25-18-12-11-14-7-5-6-10-16(14)17(18)13-21-24-19(22-23-20(24)26)15-8-3-2-4-9-15/h5-7,10-13,15H,2-4,8-9H2,1H3,(H,23,26)/b21-13+. The van der Waals surface area contributed by atoms with Crippen molar-refractivity contribution in [2.24, 2.45) is 5.10 Å². The SMILES string of the molecule is COc1ccc2ccccc2c1/C=N/n1c(C2CCCCC2)n[nH]c1=S. The fourth-order valence-corrected chi connectivity index (χ4v) is 3.93. The molecule has 134 valence electrons. The molecule has 1 fully saturated rings. The van der Waals surface area contributed by atoms with Crippen molar-refractivity contribution in [3.05, 3.63) is 52.6 Å². The zero-order chi connectivity index (χ0) is 17.9. The normalized spacial score (nSPS) is 15.7. The minimum atomic E-state index is 0.420. The Kier molecular flexibility index (Phi) is 4.84. The number of hydrogen-bond acceptors (Lipinski definition) is 4. The Labute approximate surface area is 157 Å². The molecule has 1 heterocycles. The minimum absolute atomic E-state index is 0.420. The maximum Gasteiger partial charge on any atom is 0.216 e. The number of ether oxygens (including phenoxy) is 1. The van der Waals surface area contributed by atoms with Gasteiger partial charge in [-0.05, 0) is 41.9 Å². The third-order valence-corrected chi connectivity index (χ3v) is 5.36. The summed E-state index contributed by atoms with van der Waals surface area (Å²) in [5.74, 6) is 2.15. The summed E-state index contributed by atoms with van der Waals surface area (Å²) in [5.41, 5.74) is 0.947. The second-order valence-corrected chi connectivity index (χ2v) is 7.07. The maximum absolute atomic E-state index is 5.55. The molecule has 0 atom stereocenters. The van der Waals surface area contributed by atoms with Crippen molar-refractivity contribution in [3.8, 4) is 5.75 Å². The number of hydrogen-bond donors (Lipinski definition) is 1. The van der Waals surface area contributed by atoms with Crippen LogP contribution in [0.15, 0.2) is 41.5 Å². The zero-order valence-corrected chi connectivity index (χ0v) is 15.6. The first-order valence-corrected chi connectivity index (χ1v) is 9.46. The number of aromatic nitrogens is 3. The lowest BCUT2D eigenvalue weighted by Crippen LogP contribution is -2.10. The Balaban J connectivity index is 1.77. The largest absolute Gasteiger partial charge is 0.496 e. The van der Waals surface area contributed by atoms with E-state index in [0.717, 1.165) is 40.8 Å². The fourth-order valence-electron chi connectivity index (χ4n) is 3.74. The van der Waals surface area contributed by atoms with E-state index in [-0.39, 0.29) is 0 Å². The molecule has 1 N–H and O–H groups in total. The van der Waals surface area contributed by atoms with Gasteiger partial charge in [-0.1, -0.05) is 49.6 Å². The highest BCUT2D eigenvalue weighted by atomic mass is 32.1. The van der Waals surface area contributed by atoms with Crippen LogP contribution in [0.4, 0.5) is 0 Å². The first-order chi connectivity index (χ1) is 12.8. The first kappa shape index (κ1) is 17.0. The van der Waals surface area contributed by atoms with E-state index in [4.69, 9.17) is 17.0 Å². The molecule has 26 heavy (non-hydrogen) atoms. The maximum atomic E-state index is 5.55. The van der Waals surface area contributed by atoms with Crippen LogP contribution in [0.1, 0.15) is 49.4 Å². The van der Waals surface area contributed by atoms with Gasteiger partial charge in [0.05, 0.1) is 13.3 Å². The van der Waals surface area contributed by atoms with Gasteiger partial charge < -0.3 is 4.74 Å². The van der Waals surface area contributed by atoms with Crippen LogP contribution in [0.25, 0.3) is 10.8 Å². The number of fused-ring (bicyclic) bond motifs is 1. The number of methoxy groups -OCH3 is 1. The van der Waals surface area contributed by atoms with Crippen LogP contribution in [0.3, 0.4) is 0 Å². The lowest BCUT2D eigenvalue weighted by Gasteiger charge is -2.20. The van der Waals surface area contributed by atoms with Crippen molar-refractivity contribution >= 4 is 29.2 Å². The first-order valence-electron chi connectivity index (χ1n) is 9.05. The topological polar surface area (TPSA) is 55.2 Å². The highest BCUT2D eigenvalue weighted by molar-refractivity contribution is 7.71. The van der Waals surface area contributed by atoms with Gasteiger partial charge in [0.2, 0.25) is 4.77 Å². The summed E-state index contributed by atoms with van der Waals surface area (Å²) in [6.07, 6.45) is 7.91. The number of rotatable bonds is 4. The van der Waals surface area contributed by atoms with E-state index in [0.29, 0.717) is 10.7 Å². The van der Waals surface area contributed by atoms with Crippen molar-refractivity contribution in [2.75, 3.05) is 7.11 Å². The van der Waals surface area contributed by atoms with Crippen molar-refractivity contribution in [1.29, 1.82) is 0 Å². The molecule has 4 rings (SSSR count). The van der Waals surface area contributed by atoms with Gasteiger partial charge in [-0.25, -0.2) is 0 Å². The zero-order valence-electron chi connectivity index (χ0n) is 14.8. The highest BCUT2D eigenvalue weighted by Gasteiger charge is 2.21. The summed E-state index contributed by atoms with van der Waals surface area (Å²) in [6.45, 7) is 0. The van der Waals surface area contributed by atoms with Crippen molar-refractivity contribution in [3.63, 3.8) is 0 Å². The molecule has 1 aromatic heterocycles. The van der Waals surface area contributed by atoms with Crippen LogP contribution in [0.5, 0.6) is 5.75 Å². The summed E-state index contributed by atoms with van der Waals surface area (Å²) < 4.78 is 7.85. The molecule has 0 radical (unpaired) electrons. The third kappa shape index (κ3) is 3.17. The predicted molar refractivity (Wildman–Crippen MR) is 107 cm³/mol. The molecule has 1 aliphatic rings. The molecular formula is C20H22N4OS. The minimum Gasteiger partial charge on any atom is -0.496 e. The fraction of sp³-hybridized carbons (Fsp3) is 0.350. The van der Waals surface area contributed by atoms with Gasteiger partial charge in [0.15, 0.2) is 5.82 Å². The van der Waals surface area contributed by atoms with E-state index in [1.807, 2.05) is 24.4 Å². The average Bonchev–Trinajstić information content (AvgIpc) is 3.07. The molecule has 0 saturated heterocycles. The van der Waals surface area contributed by atoms with Crippen LogP contribution in [-0.2, 0) is 0 Å². The summed E-state index contributed by atoms with van der Waals surface area (Å²) in [5, 5.41) is 14.3. The molecular weight excluding hydrogens is 344 g/mol. The second kappa shape index (κ2) is 7.41. The van der Waals surface area contributed by atoms with Crippen LogP contribution >= 0.6 is 12.2 Å². The molecule has 0 bridgehead atoms. The van der Waals surface area contributed by atoms with E-state index in [2.05, 4.69) is 33.5 Å². The third-order valence-electron chi connectivity index (χ3n) is 5.10. The molecule has 2 aromatic carbocycles. The molecule has 0 spiro atoms. The molecule has 1 saturated carbocycles. The summed E-state index contributed by atoms with van der Waals surface area (Å²) >= 11 is 5.41. The van der Waals surface area contributed by atoms with Crippen LogP contribution in [-0.4, -0.2) is 28.2 Å². The molecule has 0 amide bonds. The Hall–Kier alpha value is -2.47. The molecule has 0 aliphatic heterocycles. The number of nitrogens with one attached hydrogen (secondary N) is 1. The summed E-state index contributed by atoms with van der Waals surface area (Å²) in [7, 11) is 1.68. The van der Waals surface area contributed by atoms with Crippen LogP contribution < -0.4 is 4.74 Å². The smallest absolute Gasteiger partial charge is 0.216 e. The van der Waals surface area contributed by atoms with Crippen molar-refractivity contribution in [2.45, 2.75) is 38.0 Å². The lowest BCUT2D eigenvalue weighted by molar-refractivity contribution is 0.414. The molecule has 0 unspecified atom stereocenters. The van der Waals surface area contributed by atoms with E-state index in [9.17, 15) is 0 Å². The number of H-pyrrole nitrogens is 1. The van der Waals surface area contributed by atoms with Crippen LogP contribution in [0, 0.1) is 4.77 Å². The summed E-state index contributed by atoms with van der Waals surface area (Å²) in [6, 6.07) is 12.3. The second-order valence-electron chi connectivity index (χ2n) is 6.68. The summed E-state index contributed by atoms with van der Waals surface area (Å²) in [4.78, 5) is 0. The van der Waals surface area contributed by atoms with E-state index >= 15 is 0 Å². The molecule has 1 aliphatic carbocycles. The number of aromatic amines is 1. The van der Waals surface area contributed by atoms with Gasteiger partial charge in [0.25, 0.3) is 0 Å². The van der Waals surface area contributed by atoms with Gasteiger partial charge in [-0.2, -0.15) is 14.9 Å². The predicted octanol–water partition coefficient (Wildman–Crippen LogP) is 5.03. The average molecular weight is 366 g/mol. The van der Waals surface area contributed by atoms with Crippen LogP contribution in [0.2, 0.25) is 0 Å². The van der Waals surface area contributed by atoms with E-state index in [1.165, 1.54) is 19.3 Å². The number of benzene rings is 2. The highest BCUT2D eigenvalue weighted by Crippen LogP contribution is 2.32. The molecule has 3 aromatic rings. The van der Waals surface area contributed by atoms with Gasteiger partial charge in [-0.15, -0.1) is 0 Å². The van der Waals surface area contributed by atoms with Gasteiger partial charge in [0, 0.05) is 11.5 Å². The monoisotopic (exact) mass is 366 g/mol. The quantitative estimate of drug-likeness (QED) is 0.520.